The highest BCUT2D eigenvalue weighted by atomic mass is 16.5. The maximum absolute atomic E-state index is 11.9. The van der Waals surface area contributed by atoms with Gasteiger partial charge in [0.25, 0.3) is 0 Å². The Labute approximate surface area is 122 Å². The predicted octanol–water partition coefficient (Wildman–Crippen LogP) is 3.21. The number of para-hydroxylation sites is 1. The third-order valence-corrected chi connectivity index (χ3v) is 3.46. The Balaban J connectivity index is 2.28. The van der Waals surface area contributed by atoms with Gasteiger partial charge >= 0.3 is 0 Å². The lowest BCUT2D eigenvalue weighted by Gasteiger charge is -2.10. The van der Waals surface area contributed by atoms with Gasteiger partial charge in [0, 0.05) is 11.5 Å². The van der Waals surface area contributed by atoms with Crippen molar-refractivity contribution in [3.05, 3.63) is 58.9 Å². The van der Waals surface area contributed by atoms with Gasteiger partial charge in [-0.1, -0.05) is 24.3 Å². The molecule has 0 fully saturated rings. The SMILES string of the molecule is COc1ccc(-c2cc(=O)[nH]c3c(OC)cccc23)cc1. The molecule has 1 N–H and O–H groups in total. The standard InChI is InChI=1S/C17H15NO3/c1-20-12-8-6-11(7-9-12)14-10-16(19)18-17-13(14)4-3-5-15(17)21-2/h3-10H,1-2H3,(H,18,19). The summed E-state index contributed by atoms with van der Waals surface area (Å²) in [6.07, 6.45) is 0. The van der Waals surface area contributed by atoms with Gasteiger partial charge in [-0.15, -0.1) is 0 Å². The first-order valence-electron chi connectivity index (χ1n) is 6.57. The molecule has 0 aliphatic carbocycles. The number of pyridine rings is 1. The minimum absolute atomic E-state index is 0.155. The van der Waals surface area contributed by atoms with Gasteiger partial charge in [0.05, 0.1) is 19.7 Å². The van der Waals surface area contributed by atoms with Crippen LogP contribution in [0, 0.1) is 0 Å². The first-order valence-corrected chi connectivity index (χ1v) is 6.57. The molecule has 0 bridgehead atoms. The van der Waals surface area contributed by atoms with Crippen molar-refractivity contribution < 1.29 is 9.47 Å². The Morgan fingerprint density at radius 2 is 1.71 bits per heavy atom. The van der Waals surface area contributed by atoms with Crippen LogP contribution in [0.4, 0.5) is 0 Å². The Morgan fingerprint density at radius 1 is 0.952 bits per heavy atom. The van der Waals surface area contributed by atoms with Crippen LogP contribution >= 0.6 is 0 Å². The zero-order valence-corrected chi connectivity index (χ0v) is 11.8. The number of ether oxygens (including phenoxy) is 2. The van der Waals surface area contributed by atoms with Crippen molar-refractivity contribution in [3.63, 3.8) is 0 Å². The summed E-state index contributed by atoms with van der Waals surface area (Å²) < 4.78 is 10.5. The first-order chi connectivity index (χ1) is 10.2. The van der Waals surface area contributed by atoms with Gasteiger partial charge in [-0.05, 0) is 29.3 Å². The van der Waals surface area contributed by atoms with Gasteiger partial charge in [-0.2, -0.15) is 0 Å². The third-order valence-electron chi connectivity index (χ3n) is 3.46. The smallest absolute Gasteiger partial charge is 0.249 e. The molecule has 3 aromatic rings. The van der Waals surface area contributed by atoms with Gasteiger partial charge in [0.2, 0.25) is 5.56 Å². The number of aromatic nitrogens is 1. The van der Waals surface area contributed by atoms with Crippen LogP contribution in [-0.4, -0.2) is 19.2 Å². The number of hydrogen-bond acceptors (Lipinski definition) is 3. The van der Waals surface area contributed by atoms with Crippen molar-refractivity contribution in [3.8, 4) is 22.6 Å². The number of benzene rings is 2. The molecule has 4 nitrogen and oxygen atoms in total. The molecular weight excluding hydrogens is 266 g/mol. The van der Waals surface area contributed by atoms with E-state index in [1.165, 1.54) is 0 Å². The highest BCUT2D eigenvalue weighted by molar-refractivity contribution is 5.97. The summed E-state index contributed by atoms with van der Waals surface area (Å²) in [4.78, 5) is 14.8. The van der Waals surface area contributed by atoms with E-state index in [0.29, 0.717) is 11.3 Å². The number of aromatic amines is 1. The molecular formula is C17H15NO3. The van der Waals surface area contributed by atoms with E-state index in [9.17, 15) is 4.79 Å². The second kappa shape index (κ2) is 5.32. The van der Waals surface area contributed by atoms with Crippen LogP contribution in [0.1, 0.15) is 0 Å². The third kappa shape index (κ3) is 2.36. The van der Waals surface area contributed by atoms with Crippen LogP contribution in [0.5, 0.6) is 11.5 Å². The van der Waals surface area contributed by atoms with E-state index in [-0.39, 0.29) is 5.56 Å². The van der Waals surface area contributed by atoms with Crippen LogP contribution in [0.3, 0.4) is 0 Å². The quantitative estimate of drug-likeness (QED) is 0.802. The molecule has 3 rings (SSSR count). The Hall–Kier alpha value is -2.75. The van der Waals surface area contributed by atoms with Crippen LogP contribution in [0.25, 0.3) is 22.0 Å². The maximum Gasteiger partial charge on any atom is 0.249 e. The number of nitrogens with one attached hydrogen (secondary N) is 1. The van der Waals surface area contributed by atoms with E-state index in [0.717, 1.165) is 22.3 Å². The van der Waals surface area contributed by atoms with Crippen LogP contribution in [0.2, 0.25) is 0 Å². The zero-order chi connectivity index (χ0) is 14.8. The topological polar surface area (TPSA) is 51.3 Å². The molecule has 0 atom stereocenters. The van der Waals surface area contributed by atoms with Crippen molar-refractivity contribution in [1.82, 2.24) is 4.98 Å². The second-order valence-electron chi connectivity index (χ2n) is 4.66. The van der Waals surface area contributed by atoms with Crippen LogP contribution in [-0.2, 0) is 0 Å². The lowest BCUT2D eigenvalue weighted by atomic mass is 10.0. The average Bonchev–Trinajstić information content (AvgIpc) is 2.53. The molecule has 0 amide bonds. The molecule has 0 saturated heterocycles. The molecule has 106 valence electrons. The molecule has 0 aliphatic rings. The fourth-order valence-electron chi connectivity index (χ4n) is 2.43. The summed E-state index contributed by atoms with van der Waals surface area (Å²) in [7, 11) is 3.22. The van der Waals surface area contributed by atoms with E-state index in [2.05, 4.69) is 4.98 Å². The number of methoxy groups -OCH3 is 2. The normalized spacial score (nSPS) is 10.6. The monoisotopic (exact) mass is 281 g/mol. The molecule has 0 aliphatic heterocycles. The molecule has 2 aromatic carbocycles. The van der Waals surface area contributed by atoms with Crippen LogP contribution in [0.15, 0.2) is 53.3 Å². The van der Waals surface area contributed by atoms with Gasteiger partial charge in [-0.25, -0.2) is 0 Å². The average molecular weight is 281 g/mol. The zero-order valence-electron chi connectivity index (χ0n) is 11.8. The molecule has 4 heteroatoms. The minimum Gasteiger partial charge on any atom is -0.497 e. The summed E-state index contributed by atoms with van der Waals surface area (Å²) in [5, 5.41) is 0.944. The summed E-state index contributed by atoms with van der Waals surface area (Å²) in [5.74, 6) is 1.44. The summed E-state index contributed by atoms with van der Waals surface area (Å²) >= 11 is 0. The van der Waals surface area contributed by atoms with E-state index in [1.807, 2.05) is 42.5 Å². The molecule has 21 heavy (non-hydrogen) atoms. The summed E-state index contributed by atoms with van der Waals surface area (Å²) in [6.45, 7) is 0. The minimum atomic E-state index is -0.155. The van der Waals surface area contributed by atoms with Gasteiger partial charge in [0.1, 0.15) is 11.5 Å². The van der Waals surface area contributed by atoms with Crippen molar-refractivity contribution >= 4 is 10.9 Å². The summed E-state index contributed by atoms with van der Waals surface area (Å²) in [6, 6.07) is 14.9. The van der Waals surface area contributed by atoms with E-state index in [1.54, 1.807) is 20.3 Å². The Bertz CT molecular complexity index is 835. The first kappa shape index (κ1) is 13.2. The number of hydrogen-bond donors (Lipinski definition) is 1. The molecule has 1 aromatic heterocycles. The number of rotatable bonds is 3. The molecule has 0 unspecified atom stereocenters. The molecule has 0 radical (unpaired) electrons. The van der Waals surface area contributed by atoms with Crippen LogP contribution < -0.4 is 15.0 Å². The van der Waals surface area contributed by atoms with E-state index in [4.69, 9.17) is 9.47 Å². The molecule has 0 spiro atoms. The fraction of sp³-hybridized carbons (Fsp3) is 0.118. The van der Waals surface area contributed by atoms with Crippen molar-refractivity contribution in [2.24, 2.45) is 0 Å². The maximum atomic E-state index is 11.9. The Kier molecular flexibility index (Phi) is 3.36. The molecule has 0 saturated carbocycles. The second-order valence-corrected chi connectivity index (χ2v) is 4.66. The van der Waals surface area contributed by atoms with E-state index < -0.39 is 0 Å². The fourth-order valence-corrected chi connectivity index (χ4v) is 2.43. The van der Waals surface area contributed by atoms with Gasteiger partial charge < -0.3 is 14.5 Å². The number of fused-ring (bicyclic) bond motifs is 1. The Morgan fingerprint density at radius 3 is 2.38 bits per heavy atom. The molecule has 1 heterocycles. The van der Waals surface area contributed by atoms with Gasteiger partial charge in [-0.3, -0.25) is 4.79 Å². The highest BCUT2D eigenvalue weighted by Crippen LogP contribution is 2.31. The van der Waals surface area contributed by atoms with Crippen molar-refractivity contribution in [2.45, 2.75) is 0 Å². The largest absolute Gasteiger partial charge is 0.497 e. The van der Waals surface area contributed by atoms with Crippen molar-refractivity contribution in [1.29, 1.82) is 0 Å². The van der Waals surface area contributed by atoms with Gasteiger partial charge in [0.15, 0.2) is 0 Å². The lowest BCUT2D eigenvalue weighted by Crippen LogP contribution is -2.05. The predicted molar refractivity (Wildman–Crippen MR) is 83.1 cm³/mol. The van der Waals surface area contributed by atoms with Crippen molar-refractivity contribution in [2.75, 3.05) is 14.2 Å². The highest BCUT2D eigenvalue weighted by Gasteiger charge is 2.09. The summed E-state index contributed by atoms with van der Waals surface area (Å²) in [5.41, 5.74) is 2.38. The number of H-pyrrole nitrogens is 1. The lowest BCUT2D eigenvalue weighted by molar-refractivity contribution is 0.415. The van der Waals surface area contributed by atoms with E-state index >= 15 is 0 Å².